The average Bonchev–Trinajstić information content (AvgIpc) is 2.62. The molecule has 2 atom stereocenters. The van der Waals surface area contributed by atoms with Gasteiger partial charge in [-0.05, 0) is 25.9 Å². The predicted octanol–water partition coefficient (Wildman–Crippen LogP) is 3.08. The minimum absolute atomic E-state index is 0.483. The van der Waals surface area contributed by atoms with Crippen LogP contribution in [0.1, 0.15) is 48.0 Å². The highest BCUT2D eigenvalue weighted by molar-refractivity contribution is 5.02. The van der Waals surface area contributed by atoms with Gasteiger partial charge in [-0.25, -0.2) is 0 Å². The number of fused-ring (bicyclic) bond motifs is 2. The fourth-order valence-corrected chi connectivity index (χ4v) is 3.08. The molecule has 0 radical (unpaired) electrons. The van der Waals surface area contributed by atoms with Gasteiger partial charge in [-0.3, -0.25) is 0 Å². The Morgan fingerprint density at radius 3 is 1.94 bits per heavy atom. The third-order valence-corrected chi connectivity index (χ3v) is 3.71. The van der Waals surface area contributed by atoms with Gasteiger partial charge in [0.15, 0.2) is 0 Å². The molecule has 2 fully saturated rings. The third kappa shape index (κ3) is 3.21. The molecule has 16 heavy (non-hydrogen) atoms. The standard InChI is InChI=1S/C10H20N2.2C2H6/c1-10(2)7-12(4)8-5-9(10)11(3)6-8;2*1-2/h8-9H,5-7H2,1-4H3;2*1-2H3. The first-order valence-corrected chi connectivity index (χ1v) is 6.91. The highest BCUT2D eigenvalue weighted by atomic mass is 15.3. The summed E-state index contributed by atoms with van der Waals surface area (Å²) >= 11 is 0. The lowest BCUT2D eigenvalue weighted by Gasteiger charge is -2.42. The largest absolute Gasteiger partial charge is 0.301 e. The molecule has 0 aromatic heterocycles. The van der Waals surface area contributed by atoms with E-state index in [0.717, 1.165) is 12.1 Å². The topological polar surface area (TPSA) is 6.48 Å². The molecule has 0 aliphatic carbocycles. The van der Waals surface area contributed by atoms with Crippen LogP contribution in [0.25, 0.3) is 0 Å². The molecule has 98 valence electrons. The number of hydrogen-bond donors (Lipinski definition) is 0. The van der Waals surface area contributed by atoms with E-state index in [1.807, 2.05) is 27.7 Å². The Bertz CT molecular complexity index is 189. The average molecular weight is 228 g/mol. The molecule has 2 nitrogen and oxygen atoms in total. The van der Waals surface area contributed by atoms with Gasteiger partial charge in [-0.15, -0.1) is 0 Å². The molecule has 0 spiro atoms. The second-order valence-electron chi connectivity index (χ2n) is 5.25. The number of likely N-dealkylation sites (N-methyl/N-ethyl adjacent to an activating group) is 2. The molecule has 0 aromatic carbocycles. The van der Waals surface area contributed by atoms with Gasteiger partial charge in [-0.1, -0.05) is 41.5 Å². The molecule has 2 aliphatic heterocycles. The predicted molar refractivity (Wildman–Crippen MR) is 73.9 cm³/mol. The summed E-state index contributed by atoms with van der Waals surface area (Å²) in [5.74, 6) is 0. The summed E-state index contributed by atoms with van der Waals surface area (Å²) in [4.78, 5) is 5.06. The second-order valence-corrected chi connectivity index (χ2v) is 5.25. The van der Waals surface area contributed by atoms with Crippen molar-refractivity contribution in [2.45, 2.75) is 60.0 Å². The van der Waals surface area contributed by atoms with Crippen molar-refractivity contribution >= 4 is 0 Å². The molecule has 2 unspecified atom stereocenters. The minimum atomic E-state index is 0.483. The van der Waals surface area contributed by atoms with Crippen molar-refractivity contribution in [3.63, 3.8) is 0 Å². The molecular weight excluding hydrogens is 196 g/mol. The Balaban J connectivity index is 0.000000509. The number of nitrogens with zero attached hydrogens (tertiary/aromatic N) is 2. The fourth-order valence-electron chi connectivity index (χ4n) is 3.08. The van der Waals surface area contributed by atoms with Crippen LogP contribution in [0, 0.1) is 5.41 Å². The number of hydrogen-bond acceptors (Lipinski definition) is 2. The molecule has 0 N–H and O–H groups in total. The van der Waals surface area contributed by atoms with Crippen molar-refractivity contribution in [1.82, 2.24) is 9.80 Å². The lowest BCUT2D eigenvalue weighted by Crippen LogP contribution is -2.49. The molecule has 2 saturated heterocycles. The van der Waals surface area contributed by atoms with E-state index in [0.29, 0.717) is 5.41 Å². The van der Waals surface area contributed by atoms with Crippen molar-refractivity contribution in [3.05, 3.63) is 0 Å². The number of rotatable bonds is 0. The van der Waals surface area contributed by atoms with Crippen LogP contribution in [-0.4, -0.2) is 49.1 Å². The quantitative estimate of drug-likeness (QED) is 0.629. The van der Waals surface area contributed by atoms with Crippen LogP contribution < -0.4 is 0 Å². The summed E-state index contributed by atoms with van der Waals surface area (Å²) in [5, 5.41) is 0. The van der Waals surface area contributed by atoms with E-state index in [4.69, 9.17) is 0 Å². The van der Waals surface area contributed by atoms with Crippen molar-refractivity contribution < 1.29 is 0 Å². The Morgan fingerprint density at radius 2 is 1.44 bits per heavy atom. The van der Waals surface area contributed by atoms with Crippen LogP contribution in [0.4, 0.5) is 0 Å². The van der Waals surface area contributed by atoms with Crippen LogP contribution in [0.3, 0.4) is 0 Å². The van der Waals surface area contributed by atoms with Crippen molar-refractivity contribution in [2.24, 2.45) is 5.41 Å². The molecule has 2 bridgehead atoms. The van der Waals surface area contributed by atoms with E-state index in [9.17, 15) is 0 Å². The van der Waals surface area contributed by atoms with Gasteiger partial charge in [0.05, 0.1) is 0 Å². The highest BCUT2D eigenvalue weighted by Crippen LogP contribution is 2.39. The van der Waals surface area contributed by atoms with Crippen LogP contribution in [0.15, 0.2) is 0 Å². The SMILES string of the molecule is CC.CC.CN1CC(C)(C)C2CC1CN2C. The van der Waals surface area contributed by atoms with Crippen LogP contribution in [-0.2, 0) is 0 Å². The summed E-state index contributed by atoms with van der Waals surface area (Å²) in [5.41, 5.74) is 0.483. The van der Waals surface area contributed by atoms with E-state index in [-0.39, 0.29) is 0 Å². The molecule has 2 aliphatic rings. The van der Waals surface area contributed by atoms with E-state index >= 15 is 0 Å². The van der Waals surface area contributed by atoms with Crippen molar-refractivity contribution in [2.75, 3.05) is 27.2 Å². The van der Waals surface area contributed by atoms with Crippen molar-refractivity contribution in [3.8, 4) is 0 Å². The first kappa shape index (κ1) is 15.9. The molecule has 2 heterocycles. The van der Waals surface area contributed by atoms with Crippen LogP contribution >= 0.6 is 0 Å². The zero-order valence-corrected chi connectivity index (χ0v) is 12.7. The molecule has 0 saturated carbocycles. The monoisotopic (exact) mass is 228 g/mol. The first-order valence-electron chi connectivity index (χ1n) is 6.91. The van der Waals surface area contributed by atoms with Gasteiger partial charge in [-0.2, -0.15) is 0 Å². The Hall–Kier alpha value is -0.0800. The Kier molecular flexibility index (Phi) is 6.57. The van der Waals surface area contributed by atoms with Crippen LogP contribution in [0.2, 0.25) is 0 Å². The van der Waals surface area contributed by atoms with E-state index in [1.165, 1.54) is 19.5 Å². The molecule has 2 rings (SSSR count). The van der Waals surface area contributed by atoms with Gasteiger partial charge in [0, 0.05) is 25.2 Å². The normalized spacial score (nSPS) is 32.2. The lowest BCUT2D eigenvalue weighted by molar-refractivity contribution is 0.0796. The number of piperidine rings is 1. The van der Waals surface area contributed by atoms with Gasteiger partial charge in [0.25, 0.3) is 0 Å². The first-order chi connectivity index (χ1) is 7.50. The third-order valence-electron chi connectivity index (χ3n) is 3.71. The fraction of sp³-hybridized carbons (Fsp3) is 1.00. The Labute approximate surface area is 103 Å². The molecule has 2 heteroatoms. The molecular formula is C14H32N2. The van der Waals surface area contributed by atoms with Gasteiger partial charge >= 0.3 is 0 Å². The summed E-state index contributed by atoms with van der Waals surface area (Å²) in [6.07, 6.45) is 1.38. The molecule has 0 amide bonds. The maximum Gasteiger partial charge on any atom is 0.0235 e. The maximum absolute atomic E-state index is 2.54. The zero-order valence-electron chi connectivity index (χ0n) is 12.7. The summed E-state index contributed by atoms with van der Waals surface area (Å²) in [7, 11) is 4.54. The number of likely N-dealkylation sites (tertiary alicyclic amines) is 2. The zero-order chi connectivity index (χ0) is 12.9. The summed E-state index contributed by atoms with van der Waals surface area (Å²) in [6.45, 7) is 15.3. The maximum atomic E-state index is 2.54. The summed E-state index contributed by atoms with van der Waals surface area (Å²) < 4.78 is 0. The lowest BCUT2D eigenvalue weighted by atomic mass is 9.79. The van der Waals surface area contributed by atoms with Gasteiger partial charge in [0.2, 0.25) is 0 Å². The highest BCUT2D eigenvalue weighted by Gasteiger charge is 2.46. The van der Waals surface area contributed by atoms with E-state index in [2.05, 4.69) is 37.7 Å². The van der Waals surface area contributed by atoms with Crippen molar-refractivity contribution in [1.29, 1.82) is 0 Å². The Morgan fingerprint density at radius 1 is 0.938 bits per heavy atom. The second kappa shape index (κ2) is 6.61. The smallest absolute Gasteiger partial charge is 0.0235 e. The van der Waals surface area contributed by atoms with Gasteiger partial charge in [0.1, 0.15) is 0 Å². The summed E-state index contributed by atoms with van der Waals surface area (Å²) in [6, 6.07) is 1.65. The van der Waals surface area contributed by atoms with Gasteiger partial charge < -0.3 is 9.80 Å². The van der Waals surface area contributed by atoms with E-state index < -0.39 is 0 Å². The van der Waals surface area contributed by atoms with Crippen LogP contribution in [0.5, 0.6) is 0 Å². The molecule has 0 aromatic rings. The van der Waals surface area contributed by atoms with E-state index in [1.54, 1.807) is 0 Å². The minimum Gasteiger partial charge on any atom is -0.301 e.